The van der Waals surface area contributed by atoms with Gasteiger partial charge in [0.05, 0.1) is 23.0 Å². The van der Waals surface area contributed by atoms with Crippen LogP contribution in [0, 0.1) is 22.7 Å². The van der Waals surface area contributed by atoms with Crippen LogP contribution in [0.1, 0.15) is 76.3 Å². The van der Waals surface area contributed by atoms with E-state index in [2.05, 4.69) is 26.0 Å². The average molecular weight is 417 g/mol. The predicted octanol–water partition coefficient (Wildman–Crippen LogP) is 7.14. The Hall–Kier alpha value is -2.02. The van der Waals surface area contributed by atoms with Crippen molar-refractivity contribution in [1.82, 2.24) is 0 Å². The summed E-state index contributed by atoms with van der Waals surface area (Å²) in [6.45, 7) is 5.59. The quantitative estimate of drug-likeness (QED) is 0.325. The predicted molar refractivity (Wildman–Crippen MR) is 116 cm³/mol. The maximum atomic E-state index is 9.65. The van der Waals surface area contributed by atoms with Gasteiger partial charge >= 0.3 is 0 Å². The van der Waals surface area contributed by atoms with Crippen LogP contribution in [0.25, 0.3) is 9.75 Å². The summed E-state index contributed by atoms with van der Waals surface area (Å²) in [5, 5.41) is 23.1. The van der Waals surface area contributed by atoms with E-state index in [1.807, 2.05) is 10.8 Å². The largest absolute Gasteiger partial charge is 0.491 e. The summed E-state index contributed by atoms with van der Waals surface area (Å²) in [6.07, 6.45) is 9.02. The first kappa shape index (κ1) is 22.3. The minimum Gasteiger partial charge on any atom is -0.491 e. The lowest BCUT2D eigenvalue weighted by molar-refractivity contribution is 0.305. The molecule has 0 unspecified atom stereocenters. The SMILES string of the molecule is CCCCCCOc1csc(-c2scc(OCCCCCC)c2C#N)c1C#N. The number of ether oxygens (including phenoxy) is 2. The van der Waals surface area contributed by atoms with Crippen molar-refractivity contribution < 1.29 is 9.47 Å². The highest BCUT2D eigenvalue weighted by molar-refractivity contribution is 7.21. The molecule has 0 bridgehead atoms. The summed E-state index contributed by atoms with van der Waals surface area (Å²) in [7, 11) is 0. The number of hydrogen-bond acceptors (Lipinski definition) is 6. The molecular formula is C22H28N2O2S2. The van der Waals surface area contributed by atoms with Gasteiger partial charge in [-0.05, 0) is 12.8 Å². The molecule has 2 aromatic rings. The minimum absolute atomic E-state index is 0.522. The van der Waals surface area contributed by atoms with Gasteiger partial charge in [-0.15, -0.1) is 22.7 Å². The van der Waals surface area contributed by atoms with Crippen molar-refractivity contribution in [3.8, 4) is 33.4 Å². The van der Waals surface area contributed by atoms with Gasteiger partial charge in [0.15, 0.2) is 0 Å². The zero-order chi connectivity index (χ0) is 20.2. The number of unbranched alkanes of at least 4 members (excludes halogenated alkanes) is 6. The average Bonchev–Trinajstić information content (AvgIpc) is 3.30. The second-order valence-corrected chi connectivity index (χ2v) is 8.41. The van der Waals surface area contributed by atoms with Crippen LogP contribution in [0.3, 0.4) is 0 Å². The van der Waals surface area contributed by atoms with Crippen molar-refractivity contribution in [3.05, 3.63) is 21.9 Å². The monoisotopic (exact) mass is 416 g/mol. The molecule has 0 radical (unpaired) electrons. The molecular weight excluding hydrogens is 388 g/mol. The van der Waals surface area contributed by atoms with Gasteiger partial charge < -0.3 is 9.47 Å². The second-order valence-electron chi connectivity index (χ2n) is 6.65. The van der Waals surface area contributed by atoms with Crippen molar-refractivity contribution in [1.29, 1.82) is 10.5 Å². The first-order valence-electron chi connectivity index (χ1n) is 10.1. The van der Waals surface area contributed by atoms with E-state index in [9.17, 15) is 10.5 Å². The van der Waals surface area contributed by atoms with E-state index >= 15 is 0 Å². The van der Waals surface area contributed by atoms with E-state index in [1.54, 1.807) is 0 Å². The van der Waals surface area contributed by atoms with Gasteiger partial charge in [0, 0.05) is 10.8 Å². The number of hydrogen-bond donors (Lipinski definition) is 0. The van der Waals surface area contributed by atoms with E-state index in [1.165, 1.54) is 48.4 Å². The molecule has 2 rings (SSSR count). The van der Waals surface area contributed by atoms with Crippen LogP contribution in [0.15, 0.2) is 10.8 Å². The summed E-state index contributed by atoms with van der Waals surface area (Å²) < 4.78 is 11.7. The molecule has 4 nitrogen and oxygen atoms in total. The zero-order valence-electron chi connectivity index (χ0n) is 16.8. The Morgan fingerprint density at radius 1 is 0.714 bits per heavy atom. The van der Waals surface area contributed by atoms with Crippen LogP contribution in [-0.4, -0.2) is 13.2 Å². The summed E-state index contributed by atoms with van der Waals surface area (Å²) in [5.74, 6) is 1.25. The third-order valence-electron chi connectivity index (χ3n) is 4.46. The van der Waals surface area contributed by atoms with Crippen molar-refractivity contribution >= 4 is 22.7 Å². The molecule has 0 aliphatic rings. The van der Waals surface area contributed by atoms with E-state index in [0.717, 1.165) is 35.4 Å². The molecule has 0 saturated carbocycles. The standard InChI is InChI=1S/C22H28N2O2S2/c1-3-5-7-9-11-25-19-15-27-21(17(19)13-23)22-18(14-24)20(16-28-22)26-12-10-8-6-4-2/h15-16H,3-12H2,1-2H3. The molecule has 150 valence electrons. The Kier molecular flexibility index (Phi) is 9.90. The van der Waals surface area contributed by atoms with Crippen molar-refractivity contribution in [2.75, 3.05) is 13.2 Å². The molecule has 0 saturated heterocycles. The van der Waals surface area contributed by atoms with Crippen molar-refractivity contribution in [3.63, 3.8) is 0 Å². The second kappa shape index (κ2) is 12.4. The number of rotatable bonds is 13. The molecule has 0 aliphatic carbocycles. The lowest BCUT2D eigenvalue weighted by Crippen LogP contribution is -1.98. The van der Waals surface area contributed by atoms with Crippen LogP contribution in [0.2, 0.25) is 0 Å². The van der Waals surface area contributed by atoms with Gasteiger partial charge in [0.1, 0.15) is 34.8 Å². The van der Waals surface area contributed by atoms with Gasteiger partial charge in [-0.3, -0.25) is 0 Å². The molecule has 0 aromatic carbocycles. The third kappa shape index (κ3) is 5.99. The molecule has 2 heterocycles. The maximum absolute atomic E-state index is 9.65. The van der Waals surface area contributed by atoms with Crippen LogP contribution in [0.5, 0.6) is 11.5 Å². The Bertz CT molecular complexity index is 743. The molecule has 6 heteroatoms. The molecule has 28 heavy (non-hydrogen) atoms. The van der Waals surface area contributed by atoms with Crippen LogP contribution in [0.4, 0.5) is 0 Å². The molecule has 0 N–H and O–H groups in total. The van der Waals surface area contributed by atoms with E-state index in [4.69, 9.17) is 9.47 Å². The fraction of sp³-hybridized carbons (Fsp3) is 0.545. The summed E-state index contributed by atoms with van der Waals surface area (Å²) in [5.41, 5.74) is 1.04. The maximum Gasteiger partial charge on any atom is 0.148 e. The topological polar surface area (TPSA) is 66.0 Å². The zero-order valence-corrected chi connectivity index (χ0v) is 18.4. The van der Waals surface area contributed by atoms with Gasteiger partial charge in [-0.1, -0.05) is 52.4 Å². The summed E-state index contributed by atoms with van der Waals surface area (Å²) in [4.78, 5) is 1.60. The van der Waals surface area contributed by atoms with Gasteiger partial charge in [-0.2, -0.15) is 10.5 Å². The molecule has 0 fully saturated rings. The van der Waals surface area contributed by atoms with Gasteiger partial charge in [0.2, 0.25) is 0 Å². The molecule has 0 aliphatic heterocycles. The lowest BCUT2D eigenvalue weighted by atomic mass is 10.1. The molecule has 2 aromatic heterocycles. The van der Waals surface area contributed by atoms with Crippen LogP contribution in [-0.2, 0) is 0 Å². The van der Waals surface area contributed by atoms with Gasteiger partial charge in [0.25, 0.3) is 0 Å². The highest BCUT2D eigenvalue weighted by Gasteiger charge is 2.21. The first-order valence-corrected chi connectivity index (χ1v) is 11.8. The molecule has 0 atom stereocenters. The number of nitriles is 2. The fourth-order valence-electron chi connectivity index (χ4n) is 2.86. The van der Waals surface area contributed by atoms with Crippen molar-refractivity contribution in [2.24, 2.45) is 0 Å². The van der Waals surface area contributed by atoms with E-state index < -0.39 is 0 Å². The smallest absolute Gasteiger partial charge is 0.148 e. The third-order valence-corrected chi connectivity index (χ3v) is 6.54. The van der Waals surface area contributed by atoms with E-state index in [-0.39, 0.29) is 0 Å². The Morgan fingerprint density at radius 2 is 1.14 bits per heavy atom. The summed E-state index contributed by atoms with van der Waals surface area (Å²) >= 11 is 2.91. The molecule has 0 amide bonds. The number of thiophene rings is 2. The van der Waals surface area contributed by atoms with Gasteiger partial charge in [-0.25, -0.2) is 0 Å². The van der Waals surface area contributed by atoms with Crippen molar-refractivity contribution in [2.45, 2.75) is 65.2 Å². The first-order chi connectivity index (χ1) is 13.8. The minimum atomic E-state index is 0.522. The molecule has 0 spiro atoms. The Balaban J connectivity index is 2.08. The lowest BCUT2D eigenvalue weighted by Gasteiger charge is -2.05. The Morgan fingerprint density at radius 3 is 1.50 bits per heavy atom. The Labute approximate surface area is 176 Å². The van der Waals surface area contributed by atoms with Crippen LogP contribution >= 0.6 is 22.7 Å². The summed E-state index contributed by atoms with van der Waals surface area (Å²) in [6, 6.07) is 4.53. The highest BCUT2D eigenvalue weighted by atomic mass is 32.1. The normalized spacial score (nSPS) is 10.4. The number of nitrogens with zero attached hydrogens (tertiary/aromatic N) is 2. The van der Waals surface area contributed by atoms with Crippen LogP contribution < -0.4 is 9.47 Å². The fourth-order valence-corrected chi connectivity index (χ4v) is 4.92. The van der Waals surface area contributed by atoms with E-state index in [0.29, 0.717) is 35.8 Å². The highest BCUT2D eigenvalue weighted by Crippen LogP contribution is 2.44.